The van der Waals surface area contributed by atoms with Crippen LogP contribution in [0.15, 0.2) is 0 Å². The lowest BCUT2D eigenvalue weighted by Gasteiger charge is -2.18. The normalized spacial score (nSPS) is 20.8. The number of anilines is 1. The van der Waals surface area contributed by atoms with Gasteiger partial charge in [0.15, 0.2) is 0 Å². The van der Waals surface area contributed by atoms with Gasteiger partial charge in [0.1, 0.15) is 5.69 Å². The van der Waals surface area contributed by atoms with E-state index in [2.05, 4.69) is 17.2 Å². The predicted octanol–water partition coefficient (Wildman–Crippen LogP) is -0.0249. The van der Waals surface area contributed by atoms with E-state index < -0.39 is 0 Å². The van der Waals surface area contributed by atoms with Crippen molar-refractivity contribution in [3.63, 3.8) is 0 Å². The quantitative estimate of drug-likeness (QED) is 0.728. The van der Waals surface area contributed by atoms with E-state index in [0.29, 0.717) is 0 Å². The van der Waals surface area contributed by atoms with Crippen LogP contribution in [0, 0.1) is 0 Å². The molecule has 0 saturated carbocycles. The van der Waals surface area contributed by atoms with E-state index in [-0.39, 0.29) is 0 Å². The Morgan fingerprint density at radius 1 is 1.64 bits per heavy atom. The number of nitrogens with one attached hydrogen (secondary N) is 1. The molecule has 4 heteroatoms. The van der Waals surface area contributed by atoms with E-state index in [0.717, 1.165) is 11.2 Å². The highest BCUT2D eigenvalue weighted by Crippen LogP contribution is 2.23. The summed E-state index contributed by atoms with van der Waals surface area (Å²) in [5, 5.41) is 3.35. The van der Waals surface area contributed by atoms with Crippen molar-refractivity contribution in [1.82, 2.24) is 0 Å². The van der Waals surface area contributed by atoms with Crippen molar-refractivity contribution >= 4 is 16.5 Å². The van der Waals surface area contributed by atoms with Crippen LogP contribution in [0.2, 0.25) is 0 Å². The lowest BCUT2D eigenvalue weighted by atomic mass is 9.98. The highest BCUT2D eigenvalue weighted by atomic mass is 32.1. The standard InChI is InChI=1S/C10H17N3S/c1-2-5-12-7-3-4-8-9(6-7)14-10(11)13-8/h7,12H,2-6H2,1H3,(H2,11,13)/p+2/t7-/m0/s1. The highest BCUT2D eigenvalue weighted by molar-refractivity contribution is 7.15. The van der Waals surface area contributed by atoms with E-state index in [9.17, 15) is 0 Å². The number of nitrogens with two attached hydrogens (primary N) is 2. The summed E-state index contributed by atoms with van der Waals surface area (Å²) in [5.41, 5.74) is 7.14. The first-order valence-electron chi connectivity index (χ1n) is 5.42. The smallest absolute Gasteiger partial charge is 0.329 e. The molecule has 0 unspecified atom stereocenters. The fraction of sp³-hybridized carbons (Fsp3) is 0.700. The summed E-state index contributed by atoms with van der Waals surface area (Å²) >= 11 is 1.73. The molecule has 5 N–H and O–H groups in total. The minimum atomic E-state index is 0.786. The van der Waals surface area contributed by atoms with Gasteiger partial charge in [-0.15, -0.1) is 0 Å². The topological polar surface area (TPSA) is 56.8 Å². The van der Waals surface area contributed by atoms with Gasteiger partial charge in [-0.1, -0.05) is 18.3 Å². The molecule has 1 aliphatic carbocycles. The van der Waals surface area contributed by atoms with Crippen molar-refractivity contribution in [3.05, 3.63) is 10.6 Å². The first kappa shape index (κ1) is 9.93. The number of quaternary nitrogens is 1. The van der Waals surface area contributed by atoms with Gasteiger partial charge in [-0.2, -0.15) is 0 Å². The predicted molar refractivity (Wildman–Crippen MR) is 58.2 cm³/mol. The third kappa shape index (κ3) is 2.07. The van der Waals surface area contributed by atoms with Crippen LogP contribution in [0.25, 0.3) is 0 Å². The van der Waals surface area contributed by atoms with Crippen molar-refractivity contribution < 1.29 is 10.3 Å². The van der Waals surface area contributed by atoms with Gasteiger partial charge >= 0.3 is 5.13 Å². The van der Waals surface area contributed by atoms with E-state index in [4.69, 9.17) is 5.73 Å². The van der Waals surface area contributed by atoms with Gasteiger partial charge in [0.25, 0.3) is 0 Å². The minimum absolute atomic E-state index is 0.786. The Labute approximate surface area is 88.7 Å². The number of hydrogen-bond donors (Lipinski definition) is 2. The Bertz CT molecular complexity index is 308. The van der Waals surface area contributed by atoms with Gasteiger partial charge in [0.05, 0.1) is 17.5 Å². The molecule has 0 saturated heterocycles. The summed E-state index contributed by atoms with van der Waals surface area (Å²) in [5.74, 6) is 0. The van der Waals surface area contributed by atoms with Crippen LogP contribution < -0.4 is 16.0 Å². The second kappa shape index (κ2) is 4.28. The summed E-state index contributed by atoms with van der Waals surface area (Å²) in [7, 11) is 0. The molecule has 0 fully saturated rings. The molecule has 78 valence electrons. The molecule has 2 rings (SSSR count). The molecule has 3 nitrogen and oxygen atoms in total. The Kier molecular flexibility index (Phi) is 3.03. The zero-order chi connectivity index (χ0) is 9.97. The molecule has 0 aliphatic heterocycles. The Morgan fingerprint density at radius 3 is 3.29 bits per heavy atom. The second-order valence-corrected chi connectivity index (χ2v) is 5.16. The van der Waals surface area contributed by atoms with Gasteiger partial charge in [-0.05, 0) is 6.42 Å². The average molecular weight is 213 g/mol. The van der Waals surface area contributed by atoms with Crippen molar-refractivity contribution in [1.29, 1.82) is 0 Å². The van der Waals surface area contributed by atoms with Crippen molar-refractivity contribution in [2.24, 2.45) is 0 Å². The van der Waals surface area contributed by atoms with Crippen LogP contribution in [0.4, 0.5) is 5.13 Å². The number of rotatable bonds is 3. The summed E-state index contributed by atoms with van der Waals surface area (Å²) in [6.07, 6.45) is 4.93. The molecule has 0 bridgehead atoms. The molecule has 0 spiro atoms. The number of aromatic nitrogens is 1. The molecule has 1 aliphatic rings. The maximum atomic E-state index is 5.76. The third-order valence-corrected chi connectivity index (χ3v) is 3.83. The number of aromatic amines is 1. The summed E-state index contributed by atoms with van der Waals surface area (Å²) < 4.78 is 0. The van der Waals surface area contributed by atoms with Gasteiger partial charge in [0, 0.05) is 19.3 Å². The van der Waals surface area contributed by atoms with E-state index in [1.165, 1.54) is 42.8 Å². The lowest BCUT2D eigenvalue weighted by Crippen LogP contribution is -2.90. The number of aryl methyl sites for hydroxylation is 1. The zero-order valence-corrected chi connectivity index (χ0v) is 9.49. The first-order valence-corrected chi connectivity index (χ1v) is 6.24. The largest absolute Gasteiger partial charge is 0.344 e. The van der Waals surface area contributed by atoms with E-state index in [1.54, 1.807) is 11.3 Å². The van der Waals surface area contributed by atoms with Gasteiger partial charge in [0.2, 0.25) is 0 Å². The molecular weight excluding hydrogens is 194 g/mol. The molecule has 0 amide bonds. The molecule has 1 heterocycles. The highest BCUT2D eigenvalue weighted by Gasteiger charge is 2.25. The SMILES string of the molecule is CCC[NH2+][C@H]1CCc2[nH+]c(N)sc2C1. The molecule has 0 radical (unpaired) electrons. The minimum Gasteiger partial charge on any atom is -0.344 e. The van der Waals surface area contributed by atoms with Crippen LogP contribution in [0.3, 0.4) is 0 Å². The summed E-state index contributed by atoms with van der Waals surface area (Å²) in [6.45, 7) is 3.49. The molecule has 1 atom stereocenters. The number of H-pyrrole nitrogens is 1. The van der Waals surface area contributed by atoms with E-state index >= 15 is 0 Å². The van der Waals surface area contributed by atoms with Gasteiger partial charge < -0.3 is 5.32 Å². The molecule has 14 heavy (non-hydrogen) atoms. The number of hydrogen-bond acceptors (Lipinski definition) is 2. The van der Waals surface area contributed by atoms with Crippen molar-refractivity contribution in [2.75, 3.05) is 12.3 Å². The van der Waals surface area contributed by atoms with Crippen LogP contribution >= 0.6 is 11.3 Å². The second-order valence-electron chi connectivity index (χ2n) is 4.02. The molecule has 1 aromatic heterocycles. The average Bonchev–Trinajstić information content (AvgIpc) is 2.54. The van der Waals surface area contributed by atoms with E-state index in [1.807, 2.05) is 0 Å². The number of fused-ring (bicyclic) bond motifs is 1. The molecule has 1 aromatic rings. The maximum Gasteiger partial charge on any atom is 0.329 e. The Hall–Kier alpha value is -0.610. The fourth-order valence-corrected chi connectivity index (χ4v) is 3.09. The van der Waals surface area contributed by atoms with Gasteiger partial charge in [-0.25, -0.2) is 4.98 Å². The van der Waals surface area contributed by atoms with Crippen molar-refractivity contribution in [2.45, 2.75) is 38.6 Å². The Balaban J connectivity index is 1.98. The number of thiazole rings is 1. The number of nitrogen functional groups attached to an aromatic ring is 1. The summed E-state index contributed by atoms with van der Waals surface area (Å²) in [6, 6.07) is 0.786. The van der Waals surface area contributed by atoms with Crippen LogP contribution in [-0.2, 0) is 12.8 Å². The zero-order valence-electron chi connectivity index (χ0n) is 8.68. The van der Waals surface area contributed by atoms with Crippen LogP contribution in [0.5, 0.6) is 0 Å². The molecule has 0 aromatic carbocycles. The Morgan fingerprint density at radius 2 is 2.50 bits per heavy atom. The van der Waals surface area contributed by atoms with Crippen molar-refractivity contribution in [3.8, 4) is 0 Å². The van der Waals surface area contributed by atoms with Crippen LogP contribution in [0.1, 0.15) is 30.3 Å². The van der Waals surface area contributed by atoms with Gasteiger partial charge in [-0.3, -0.25) is 5.73 Å². The maximum absolute atomic E-state index is 5.76. The monoisotopic (exact) mass is 213 g/mol. The first-order chi connectivity index (χ1) is 6.79. The summed E-state index contributed by atoms with van der Waals surface area (Å²) in [4.78, 5) is 4.73. The van der Waals surface area contributed by atoms with Crippen LogP contribution in [-0.4, -0.2) is 12.6 Å². The third-order valence-electron chi connectivity index (χ3n) is 2.85. The molecular formula is C10H19N3S+2. The lowest BCUT2D eigenvalue weighted by molar-refractivity contribution is -0.690. The fourth-order valence-electron chi connectivity index (χ4n) is 2.08.